The van der Waals surface area contributed by atoms with Gasteiger partial charge in [0.1, 0.15) is 0 Å². The van der Waals surface area contributed by atoms with Gasteiger partial charge >= 0.3 is 0 Å². The van der Waals surface area contributed by atoms with E-state index >= 15 is 0 Å². The molecule has 0 bridgehead atoms. The highest BCUT2D eigenvalue weighted by molar-refractivity contribution is 5.77. The zero-order valence-corrected chi connectivity index (χ0v) is 11.2. The van der Waals surface area contributed by atoms with Gasteiger partial charge in [0, 0.05) is 23.5 Å². The quantitative estimate of drug-likeness (QED) is 0.751. The zero-order chi connectivity index (χ0) is 13.1. The van der Waals surface area contributed by atoms with Crippen LogP contribution in [0, 0.1) is 13.8 Å². The number of rotatable bonds is 4. The first-order valence-electron chi connectivity index (χ1n) is 6.36. The summed E-state index contributed by atoms with van der Waals surface area (Å²) in [6.07, 6.45) is 1.97. The van der Waals surface area contributed by atoms with Crippen LogP contribution in [0.2, 0.25) is 0 Å². The number of benzene rings is 1. The first-order valence-corrected chi connectivity index (χ1v) is 6.36. The summed E-state index contributed by atoms with van der Waals surface area (Å²) >= 11 is 0. The molecule has 0 aliphatic rings. The second-order valence-electron chi connectivity index (χ2n) is 4.65. The van der Waals surface area contributed by atoms with Crippen molar-refractivity contribution < 1.29 is 4.79 Å². The maximum atomic E-state index is 11.0. The fourth-order valence-electron chi connectivity index (χ4n) is 2.42. The number of hydrogen-bond donors (Lipinski definition) is 0. The third-order valence-corrected chi connectivity index (χ3v) is 3.57. The fraction of sp³-hybridized carbons (Fsp3) is 0.312. The van der Waals surface area contributed by atoms with Crippen LogP contribution < -0.4 is 0 Å². The second kappa shape index (κ2) is 5.21. The van der Waals surface area contributed by atoms with Crippen molar-refractivity contribution in [2.45, 2.75) is 33.7 Å². The van der Waals surface area contributed by atoms with E-state index < -0.39 is 0 Å². The van der Waals surface area contributed by atoms with E-state index in [1.165, 1.54) is 11.1 Å². The molecule has 2 rings (SSSR count). The Morgan fingerprint density at radius 2 is 1.83 bits per heavy atom. The lowest BCUT2D eigenvalue weighted by atomic mass is 10.1. The molecule has 0 aliphatic heterocycles. The highest BCUT2D eigenvalue weighted by Crippen LogP contribution is 2.18. The normalized spacial score (nSPS) is 10.6. The van der Waals surface area contributed by atoms with E-state index in [2.05, 4.69) is 42.7 Å². The molecule has 0 unspecified atom stereocenters. The van der Waals surface area contributed by atoms with Gasteiger partial charge in [0.2, 0.25) is 0 Å². The van der Waals surface area contributed by atoms with Crippen LogP contribution >= 0.6 is 0 Å². The van der Waals surface area contributed by atoms with E-state index in [0.717, 1.165) is 36.2 Å². The van der Waals surface area contributed by atoms with Crippen molar-refractivity contribution >= 4 is 6.29 Å². The largest absolute Gasteiger partial charge is 0.344 e. The molecule has 2 heteroatoms. The van der Waals surface area contributed by atoms with Crippen molar-refractivity contribution in [1.29, 1.82) is 0 Å². The Morgan fingerprint density at radius 3 is 2.39 bits per heavy atom. The predicted octanol–water partition coefficient (Wildman–Crippen LogP) is 3.53. The van der Waals surface area contributed by atoms with Gasteiger partial charge in [-0.3, -0.25) is 4.79 Å². The van der Waals surface area contributed by atoms with Gasteiger partial charge in [-0.05, 0) is 37.5 Å². The van der Waals surface area contributed by atoms with Gasteiger partial charge < -0.3 is 4.57 Å². The molecule has 2 aromatic rings. The SMILES string of the molecule is CCc1ccccc1Cn1c(C)cc(C=O)c1C. The van der Waals surface area contributed by atoms with Crippen molar-refractivity contribution in [2.24, 2.45) is 0 Å². The number of carbonyl (C=O) groups is 1. The lowest BCUT2D eigenvalue weighted by Crippen LogP contribution is -2.06. The monoisotopic (exact) mass is 241 g/mol. The first-order chi connectivity index (χ1) is 8.67. The predicted molar refractivity (Wildman–Crippen MR) is 74.2 cm³/mol. The van der Waals surface area contributed by atoms with Crippen LogP contribution in [0.4, 0.5) is 0 Å². The van der Waals surface area contributed by atoms with Crippen molar-refractivity contribution in [3.05, 3.63) is 58.4 Å². The van der Waals surface area contributed by atoms with E-state index in [9.17, 15) is 4.79 Å². The van der Waals surface area contributed by atoms with Crippen LogP contribution in [0.1, 0.15) is 39.8 Å². The Balaban J connectivity index is 2.40. The van der Waals surface area contributed by atoms with E-state index in [-0.39, 0.29) is 0 Å². The second-order valence-corrected chi connectivity index (χ2v) is 4.65. The van der Waals surface area contributed by atoms with Crippen molar-refractivity contribution in [2.75, 3.05) is 0 Å². The summed E-state index contributed by atoms with van der Waals surface area (Å²) in [4.78, 5) is 11.0. The molecule has 0 aliphatic carbocycles. The maximum absolute atomic E-state index is 11.0. The molecule has 2 nitrogen and oxygen atoms in total. The maximum Gasteiger partial charge on any atom is 0.151 e. The summed E-state index contributed by atoms with van der Waals surface area (Å²) < 4.78 is 2.21. The Morgan fingerprint density at radius 1 is 1.17 bits per heavy atom. The van der Waals surface area contributed by atoms with Gasteiger partial charge in [-0.25, -0.2) is 0 Å². The van der Waals surface area contributed by atoms with E-state index in [0.29, 0.717) is 0 Å². The third-order valence-electron chi connectivity index (χ3n) is 3.57. The van der Waals surface area contributed by atoms with Gasteiger partial charge in [-0.1, -0.05) is 31.2 Å². The van der Waals surface area contributed by atoms with Crippen molar-refractivity contribution in [3.8, 4) is 0 Å². The summed E-state index contributed by atoms with van der Waals surface area (Å²) in [5, 5.41) is 0. The number of aromatic nitrogens is 1. The highest BCUT2D eigenvalue weighted by Gasteiger charge is 2.09. The number of nitrogens with zero attached hydrogens (tertiary/aromatic N) is 1. The Kier molecular flexibility index (Phi) is 3.66. The van der Waals surface area contributed by atoms with Crippen molar-refractivity contribution in [1.82, 2.24) is 4.57 Å². The Labute approximate surface area is 108 Å². The molecule has 1 aromatic heterocycles. The summed E-state index contributed by atoms with van der Waals surface area (Å²) in [6, 6.07) is 10.4. The molecule has 0 atom stereocenters. The minimum absolute atomic E-state index is 0.793. The van der Waals surface area contributed by atoms with E-state index in [1.54, 1.807) is 0 Å². The van der Waals surface area contributed by atoms with Crippen molar-refractivity contribution in [3.63, 3.8) is 0 Å². The molecule has 0 radical (unpaired) electrons. The molecule has 0 saturated carbocycles. The summed E-state index contributed by atoms with van der Waals surface area (Å²) in [5.74, 6) is 0. The van der Waals surface area contributed by atoms with Gasteiger partial charge in [0.15, 0.2) is 6.29 Å². The van der Waals surface area contributed by atoms with Crippen LogP contribution in [0.15, 0.2) is 30.3 Å². The van der Waals surface area contributed by atoms with Gasteiger partial charge in [-0.2, -0.15) is 0 Å². The first kappa shape index (κ1) is 12.6. The van der Waals surface area contributed by atoms with Crippen LogP contribution in [-0.2, 0) is 13.0 Å². The molecule has 0 N–H and O–H groups in total. The Bertz CT molecular complexity index is 566. The molecule has 0 saturated heterocycles. The highest BCUT2D eigenvalue weighted by atomic mass is 16.1. The molecule has 18 heavy (non-hydrogen) atoms. The molecule has 1 heterocycles. The minimum Gasteiger partial charge on any atom is -0.344 e. The number of carbonyl (C=O) groups excluding carboxylic acids is 1. The van der Waals surface area contributed by atoms with Gasteiger partial charge in [0.25, 0.3) is 0 Å². The fourth-order valence-corrected chi connectivity index (χ4v) is 2.42. The van der Waals surface area contributed by atoms with Crippen LogP contribution in [0.5, 0.6) is 0 Å². The topological polar surface area (TPSA) is 22.0 Å². The molecule has 94 valence electrons. The number of hydrogen-bond acceptors (Lipinski definition) is 1. The standard InChI is InChI=1S/C16H19NO/c1-4-14-7-5-6-8-15(14)10-17-12(2)9-16(11-18)13(17)3/h5-9,11H,4,10H2,1-3H3. The number of aryl methyl sites for hydroxylation is 2. The molecular weight excluding hydrogens is 222 g/mol. The average Bonchev–Trinajstić information content (AvgIpc) is 2.66. The molecule has 1 aromatic carbocycles. The van der Waals surface area contributed by atoms with Gasteiger partial charge in [0.05, 0.1) is 0 Å². The molecule has 0 spiro atoms. The Hall–Kier alpha value is -1.83. The van der Waals surface area contributed by atoms with E-state index in [1.807, 2.05) is 13.0 Å². The van der Waals surface area contributed by atoms with Crippen LogP contribution in [-0.4, -0.2) is 10.9 Å². The van der Waals surface area contributed by atoms with Crippen LogP contribution in [0.25, 0.3) is 0 Å². The van der Waals surface area contributed by atoms with Crippen LogP contribution in [0.3, 0.4) is 0 Å². The summed E-state index contributed by atoms with van der Waals surface area (Å²) in [5.41, 5.74) is 5.69. The third kappa shape index (κ3) is 2.23. The molecular formula is C16H19NO. The minimum atomic E-state index is 0.793. The summed E-state index contributed by atoms with van der Waals surface area (Å²) in [7, 11) is 0. The summed E-state index contributed by atoms with van der Waals surface area (Å²) in [6.45, 7) is 7.07. The zero-order valence-electron chi connectivity index (χ0n) is 11.2. The molecule has 0 amide bonds. The van der Waals surface area contributed by atoms with Gasteiger partial charge in [-0.15, -0.1) is 0 Å². The number of aldehydes is 1. The lowest BCUT2D eigenvalue weighted by Gasteiger charge is -2.12. The molecule has 0 fully saturated rings. The smallest absolute Gasteiger partial charge is 0.151 e. The lowest BCUT2D eigenvalue weighted by molar-refractivity contribution is 0.112. The average molecular weight is 241 g/mol. The van der Waals surface area contributed by atoms with E-state index in [4.69, 9.17) is 0 Å².